The van der Waals surface area contributed by atoms with Crippen molar-refractivity contribution in [2.24, 2.45) is 0 Å². The van der Waals surface area contributed by atoms with Gasteiger partial charge in [0.1, 0.15) is 5.82 Å². The Morgan fingerprint density at radius 3 is 2.92 bits per heavy atom. The van der Waals surface area contributed by atoms with E-state index in [-0.39, 0.29) is 0 Å². The number of hydrogen-bond donors (Lipinski definition) is 1. The molecule has 0 atom stereocenters. The van der Waals surface area contributed by atoms with Crippen molar-refractivity contribution in [3.8, 4) is 5.95 Å². The molecule has 5 nitrogen and oxygen atoms in total. The van der Waals surface area contributed by atoms with E-state index in [2.05, 4.69) is 37.7 Å². The van der Waals surface area contributed by atoms with Gasteiger partial charge in [-0.15, -0.1) is 0 Å². The molecule has 0 amide bonds. The third kappa shape index (κ3) is 1.77. The second-order valence-corrected chi connectivity index (χ2v) is 3.63. The molecule has 13 heavy (non-hydrogen) atoms. The number of rotatable bonds is 1. The van der Waals surface area contributed by atoms with E-state index in [1.54, 1.807) is 23.1 Å². The molecule has 2 aromatic heterocycles. The Labute approximate surface area is 88.1 Å². The van der Waals surface area contributed by atoms with E-state index in [1.807, 2.05) is 6.20 Å². The maximum Gasteiger partial charge on any atom is 0.252 e. The van der Waals surface area contributed by atoms with Crippen LogP contribution in [-0.2, 0) is 0 Å². The highest BCUT2D eigenvalue weighted by molar-refractivity contribution is 14.1. The zero-order valence-corrected chi connectivity index (χ0v) is 8.71. The fraction of sp³-hybridized carbons (Fsp3) is 0. The van der Waals surface area contributed by atoms with Gasteiger partial charge in [-0.25, -0.2) is 9.67 Å². The van der Waals surface area contributed by atoms with E-state index in [9.17, 15) is 0 Å². The topological polar surface area (TPSA) is 69.6 Å². The molecule has 2 heterocycles. The summed E-state index contributed by atoms with van der Waals surface area (Å²) < 4.78 is 2.61. The maximum atomic E-state index is 5.51. The SMILES string of the molecule is Nc1ccnc(-n2cc(I)cn2)n1. The minimum absolute atomic E-state index is 0.440. The van der Waals surface area contributed by atoms with E-state index in [0.717, 1.165) is 3.57 Å². The van der Waals surface area contributed by atoms with Crippen molar-refractivity contribution in [2.45, 2.75) is 0 Å². The first kappa shape index (κ1) is 8.42. The number of aromatic nitrogens is 4. The van der Waals surface area contributed by atoms with Crippen LogP contribution in [0.4, 0.5) is 5.82 Å². The van der Waals surface area contributed by atoms with Crippen LogP contribution in [0.3, 0.4) is 0 Å². The summed E-state index contributed by atoms with van der Waals surface area (Å²) in [5, 5.41) is 4.06. The smallest absolute Gasteiger partial charge is 0.252 e. The van der Waals surface area contributed by atoms with Gasteiger partial charge in [0.2, 0.25) is 0 Å². The molecule has 0 saturated heterocycles. The van der Waals surface area contributed by atoms with Gasteiger partial charge in [0.15, 0.2) is 0 Å². The van der Waals surface area contributed by atoms with Crippen LogP contribution < -0.4 is 5.73 Å². The highest BCUT2D eigenvalue weighted by Gasteiger charge is 2.01. The number of nitrogens with zero attached hydrogens (tertiary/aromatic N) is 4. The quantitative estimate of drug-likeness (QED) is 0.789. The maximum absolute atomic E-state index is 5.51. The highest BCUT2D eigenvalue weighted by atomic mass is 127. The minimum atomic E-state index is 0.440. The Hall–Kier alpha value is -1.18. The molecule has 0 aromatic carbocycles. The van der Waals surface area contributed by atoms with Crippen molar-refractivity contribution in [1.29, 1.82) is 0 Å². The zero-order valence-electron chi connectivity index (χ0n) is 6.55. The minimum Gasteiger partial charge on any atom is -0.384 e. The van der Waals surface area contributed by atoms with Crippen LogP contribution in [0, 0.1) is 3.57 Å². The van der Waals surface area contributed by atoms with Crippen LogP contribution in [-0.4, -0.2) is 19.7 Å². The molecule has 0 bridgehead atoms. The lowest BCUT2D eigenvalue weighted by molar-refractivity contribution is 0.810. The van der Waals surface area contributed by atoms with Gasteiger partial charge in [0.05, 0.1) is 9.77 Å². The van der Waals surface area contributed by atoms with E-state index in [1.165, 1.54) is 0 Å². The van der Waals surface area contributed by atoms with Gasteiger partial charge in [-0.3, -0.25) is 0 Å². The average Bonchev–Trinajstić information content (AvgIpc) is 2.52. The summed E-state index contributed by atoms with van der Waals surface area (Å²) in [7, 11) is 0. The van der Waals surface area contributed by atoms with Gasteiger partial charge >= 0.3 is 0 Å². The van der Waals surface area contributed by atoms with Gasteiger partial charge in [-0.05, 0) is 28.7 Å². The molecule has 0 aliphatic rings. The highest BCUT2D eigenvalue weighted by Crippen LogP contribution is 2.06. The first-order valence-electron chi connectivity index (χ1n) is 3.55. The van der Waals surface area contributed by atoms with Crippen molar-refractivity contribution in [3.63, 3.8) is 0 Å². The van der Waals surface area contributed by atoms with Crippen molar-refractivity contribution >= 4 is 28.4 Å². The van der Waals surface area contributed by atoms with Crippen molar-refractivity contribution in [2.75, 3.05) is 5.73 Å². The van der Waals surface area contributed by atoms with E-state index < -0.39 is 0 Å². The summed E-state index contributed by atoms with van der Waals surface area (Å²) in [4.78, 5) is 8.05. The largest absolute Gasteiger partial charge is 0.384 e. The predicted molar refractivity (Wildman–Crippen MR) is 56.3 cm³/mol. The second-order valence-electron chi connectivity index (χ2n) is 2.38. The molecule has 0 radical (unpaired) electrons. The predicted octanol–water partition coefficient (Wildman–Crippen LogP) is 0.849. The summed E-state index contributed by atoms with van der Waals surface area (Å²) in [5.74, 6) is 0.929. The van der Waals surface area contributed by atoms with Gasteiger partial charge < -0.3 is 5.73 Å². The molecule has 2 N–H and O–H groups in total. The standard InChI is InChI=1S/C7H6IN5/c8-5-3-11-13(4-5)7-10-2-1-6(9)12-7/h1-4H,(H2,9,10,12). The number of nitrogens with two attached hydrogens (primary N) is 1. The van der Waals surface area contributed by atoms with E-state index in [4.69, 9.17) is 5.73 Å². The Morgan fingerprint density at radius 2 is 2.31 bits per heavy atom. The van der Waals surface area contributed by atoms with Crippen LogP contribution in [0.2, 0.25) is 0 Å². The third-order valence-corrected chi connectivity index (χ3v) is 1.98. The number of anilines is 1. The van der Waals surface area contributed by atoms with Crippen molar-refractivity contribution < 1.29 is 0 Å². The normalized spacial score (nSPS) is 10.2. The number of hydrogen-bond acceptors (Lipinski definition) is 4. The molecule has 6 heteroatoms. The van der Waals surface area contributed by atoms with Gasteiger partial charge in [0, 0.05) is 12.4 Å². The van der Waals surface area contributed by atoms with Crippen LogP contribution >= 0.6 is 22.6 Å². The van der Waals surface area contributed by atoms with Gasteiger partial charge in [-0.2, -0.15) is 10.1 Å². The lowest BCUT2D eigenvalue weighted by Crippen LogP contribution is -2.03. The van der Waals surface area contributed by atoms with Crippen LogP contribution in [0.25, 0.3) is 5.95 Å². The van der Waals surface area contributed by atoms with Crippen LogP contribution in [0.5, 0.6) is 0 Å². The lowest BCUT2D eigenvalue weighted by Gasteiger charge is -1.98. The van der Waals surface area contributed by atoms with Crippen LogP contribution in [0.1, 0.15) is 0 Å². The Bertz CT molecular complexity index is 424. The van der Waals surface area contributed by atoms with Gasteiger partial charge in [-0.1, -0.05) is 0 Å². The molecule has 2 rings (SSSR count). The van der Waals surface area contributed by atoms with Gasteiger partial charge in [0.25, 0.3) is 5.95 Å². The van der Waals surface area contributed by atoms with Crippen molar-refractivity contribution in [1.82, 2.24) is 19.7 Å². The summed E-state index contributed by atoms with van der Waals surface area (Å²) >= 11 is 2.17. The van der Waals surface area contributed by atoms with Crippen LogP contribution in [0.15, 0.2) is 24.7 Å². The number of nitrogen functional groups attached to an aromatic ring is 1. The van der Waals surface area contributed by atoms with E-state index in [0.29, 0.717) is 11.8 Å². The molecule has 0 fully saturated rings. The molecule has 0 spiro atoms. The Morgan fingerprint density at radius 1 is 1.46 bits per heavy atom. The Balaban J connectivity index is 2.46. The second kappa shape index (κ2) is 3.29. The molecular formula is C7H6IN5. The first-order valence-corrected chi connectivity index (χ1v) is 4.62. The lowest BCUT2D eigenvalue weighted by atomic mass is 10.6. The molecule has 0 aliphatic heterocycles. The number of halogens is 1. The molecule has 2 aromatic rings. The Kier molecular flexibility index (Phi) is 2.13. The molecule has 0 saturated carbocycles. The zero-order chi connectivity index (χ0) is 9.26. The fourth-order valence-electron chi connectivity index (χ4n) is 0.883. The molecule has 0 unspecified atom stereocenters. The van der Waals surface area contributed by atoms with Crippen molar-refractivity contribution in [3.05, 3.63) is 28.2 Å². The first-order chi connectivity index (χ1) is 6.25. The molecule has 66 valence electrons. The third-order valence-electron chi connectivity index (χ3n) is 1.42. The van der Waals surface area contributed by atoms with E-state index >= 15 is 0 Å². The fourth-order valence-corrected chi connectivity index (χ4v) is 1.27. The monoisotopic (exact) mass is 287 g/mol. The summed E-state index contributed by atoms with van der Waals surface area (Å²) in [5.41, 5.74) is 5.51. The molecular weight excluding hydrogens is 281 g/mol. The molecule has 0 aliphatic carbocycles. The summed E-state index contributed by atoms with van der Waals surface area (Å²) in [6.45, 7) is 0. The summed E-state index contributed by atoms with van der Waals surface area (Å²) in [6.07, 6.45) is 5.16. The average molecular weight is 287 g/mol. The summed E-state index contributed by atoms with van der Waals surface area (Å²) in [6, 6.07) is 1.64.